The monoisotopic (exact) mass is 406 g/mol. The molecule has 0 spiro atoms. The number of nitrogens with zero attached hydrogens (tertiary/aromatic N) is 6. The third kappa shape index (κ3) is 3.80. The third-order valence-electron chi connectivity index (χ3n) is 5.97. The molecule has 4 heterocycles. The van der Waals surface area contributed by atoms with E-state index in [4.69, 9.17) is 14.5 Å². The molecule has 5 rings (SSSR count). The topological polar surface area (TPSA) is 78.2 Å². The molecule has 1 aromatic carbocycles. The van der Waals surface area contributed by atoms with Crippen molar-refractivity contribution in [2.45, 2.75) is 38.5 Å². The van der Waals surface area contributed by atoms with E-state index in [0.29, 0.717) is 12.5 Å². The third-order valence-corrected chi connectivity index (χ3v) is 5.97. The fraction of sp³-hybridized carbons (Fsp3) is 0.455. The molecule has 156 valence electrons. The number of likely N-dealkylation sites (tertiary alicyclic amines) is 1. The number of rotatable bonds is 5. The van der Waals surface area contributed by atoms with Crippen LogP contribution in [0, 0.1) is 0 Å². The fourth-order valence-corrected chi connectivity index (χ4v) is 4.30. The summed E-state index contributed by atoms with van der Waals surface area (Å²) in [5, 5.41) is 8.65. The molecule has 2 aliphatic heterocycles. The minimum absolute atomic E-state index is 0.372. The number of hydrogen-bond acceptors (Lipinski definition) is 7. The number of ether oxygens (including phenoxy) is 2. The maximum absolute atomic E-state index is 5.50. The lowest BCUT2D eigenvalue weighted by molar-refractivity contribution is 0.0792. The summed E-state index contributed by atoms with van der Waals surface area (Å²) in [6, 6.07) is 9.94. The Morgan fingerprint density at radius 3 is 2.83 bits per heavy atom. The van der Waals surface area contributed by atoms with Gasteiger partial charge in [-0.05, 0) is 44.1 Å². The van der Waals surface area contributed by atoms with Crippen molar-refractivity contribution in [3.8, 4) is 17.0 Å². The van der Waals surface area contributed by atoms with Crippen molar-refractivity contribution in [1.82, 2.24) is 29.6 Å². The number of piperidine rings is 1. The van der Waals surface area contributed by atoms with E-state index in [0.717, 1.165) is 80.1 Å². The van der Waals surface area contributed by atoms with Crippen LogP contribution in [-0.2, 0) is 24.4 Å². The maximum atomic E-state index is 5.50. The summed E-state index contributed by atoms with van der Waals surface area (Å²) in [4.78, 5) is 11.9. The van der Waals surface area contributed by atoms with Gasteiger partial charge in [0, 0.05) is 24.2 Å². The van der Waals surface area contributed by atoms with E-state index in [1.54, 1.807) is 7.11 Å². The fourth-order valence-electron chi connectivity index (χ4n) is 4.30. The van der Waals surface area contributed by atoms with Gasteiger partial charge in [-0.25, -0.2) is 9.97 Å². The first-order chi connectivity index (χ1) is 14.8. The molecule has 30 heavy (non-hydrogen) atoms. The van der Waals surface area contributed by atoms with Crippen LogP contribution < -0.4 is 4.74 Å². The molecule has 3 aromatic rings. The average molecular weight is 406 g/mol. The highest BCUT2D eigenvalue weighted by Gasteiger charge is 2.25. The summed E-state index contributed by atoms with van der Waals surface area (Å²) in [6.07, 6.45) is 3.94. The van der Waals surface area contributed by atoms with Crippen LogP contribution in [0.5, 0.6) is 5.75 Å². The van der Waals surface area contributed by atoms with Gasteiger partial charge in [-0.2, -0.15) is 0 Å². The van der Waals surface area contributed by atoms with Crippen molar-refractivity contribution >= 4 is 0 Å². The van der Waals surface area contributed by atoms with Crippen LogP contribution in [0.2, 0.25) is 0 Å². The molecule has 0 N–H and O–H groups in total. The van der Waals surface area contributed by atoms with Gasteiger partial charge in [0.15, 0.2) is 5.82 Å². The zero-order valence-corrected chi connectivity index (χ0v) is 17.2. The van der Waals surface area contributed by atoms with E-state index in [1.807, 2.05) is 36.5 Å². The summed E-state index contributed by atoms with van der Waals surface area (Å²) in [6.45, 7) is 4.99. The zero-order valence-electron chi connectivity index (χ0n) is 17.2. The van der Waals surface area contributed by atoms with Gasteiger partial charge in [0.05, 0.1) is 26.0 Å². The molecule has 2 aromatic heterocycles. The van der Waals surface area contributed by atoms with Gasteiger partial charge >= 0.3 is 0 Å². The molecule has 1 fully saturated rings. The van der Waals surface area contributed by atoms with Gasteiger partial charge in [0.25, 0.3) is 0 Å². The quantitative estimate of drug-likeness (QED) is 0.645. The van der Waals surface area contributed by atoms with Gasteiger partial charge in [0.2, 0.25) is 0 Å². The van der Waals surface area contributed by atoms with Gasteiger partial charge in [-0.1, -0.05) is 12.1 Å². The lowest BCUT2D eigenvalue weighted by Gasteiger charge is -2.31. The highest BCUT2D eigenvalue weighted by molar-refractivity contribution is 5.66. The van der Waals surface area contributed by atoms with Gasteiger partial charge < -0.3 is 14.0 Å². The number of fused-ring (bicyclic) bond motifs is 1. The lowest BCUT2D eigenvalue weighted by Crippen LogP contribution is -2.34. The second-order valence-electron chi connectivity index (χ2n) is 7.79. The second-order valence-corrected chi connectivity index (χ2v) is 7.79. The molecule has 0 unspecified atom stereocenters. The van der Waals surface area contributed by atoms with E-state index in [1.165, 1.54) is 0 Å². The number of aromatic nitrogens is 5. The van der Waals surface area contributed by atoms with Gasteiger partial charge in [-0.3, -0.25) is 4.90 Å². The molecule has 8 heteroatoms. The minimum Gasteiger partial charge on any atom is -0.496 e. The summed E-state index contributed by atoms with van der Waals surface area (Å²) in [5.74, 6) is 4.11. The Morgan fingerprint density at radius 1 is 1.10 bits per heavy atom. The first-order valence-electron chi connectivity index (χ1n) is 10.5. The van der Waals surface area contributed by atoms with Crippen molar-refractivity contribution in [3.05, 3.63) is 54.0 Å². The summed E-state index contributed by atoms with van der Waals surface area (Å²) in [5.41, 5.74) is 1.92. The van der Waals surface area contributed by atoms with E-state index in [-0.39, 0.29) is 0 Å². The van der Waals surface area contributed by atoms with E-state index >= 15 is 0 Å². The highest BCUT2D eigenvalue weighted by atomic mass is 16.5. The number of para-hydroxylation sites is 1. The Kier molecular flexibility index (Phi) is 5.42. The van der Waals surface area contributed by atoms with Crippen LogP contribution in [0.1, 0.15) is 36.2 Å². The molecule has 8 nitrogen and oxygen atoms in total. The molecular formula is C22H26N6O2. The molecule has 2 aliphatic rings. The lowest BCUT2D eigenvalue weighted by atomic mass is 9.95. The van der Waals surface area contributed by atoms with Crippen LogP contribution in [0.15, 0.2) is 36.5 Å². The van der Waals surface area contributed by atoms with Gasteiger partial charge in [-0.15, -0.1) is 10.2 Å². The van der Waals surface area contributed by atoms with Crippen molar-refractivity contribution in [2.75, 3.05) is 26.8 Å². The van der Waals surface area contributed by atoms with Crippen LogP contribution in [0.25, 0.3) is 11.3 Å². The molecule has 0 aliphatic carbocycles. The summed E-state index contributed by atoms with van der Waals surface area (Å²) in [7, 11) is 1.69. The largest absolute Gasteiger partial charge is 0.496 e. The SMILES string of the molecule is COc1ccccc1-c1ccnc(C2CCN(Cc3nnc4n3CCOC4)CC2)n1. The van der Waals surface area contributed by atoms with Gasteiger partial charge in [0.1, 0.15) is 24.0 Å². The van der Waals surface area contributed by atoms with Crippen LogP contribution in [0.4, 0.5) is 0 Å². The molecule has 1 saturated heterocycles. The molecule has 0 bridgehead atoms. The van der Waals surface area contributed by atoms with E-state index < -0.39 is 0 Å². The second kappa shape index (κ2) is 8.49. The molecule has 0 atom stereocenters. The predicted octanol–water partition coefficient (Wildman–Crippen LogP) is 2.65. The van der Waals surface area contributed by atoms with Crippen molar-refractivity contribution in [3.63, 3.8) is 0 Å². The van der Waals surface area contributed by atoms with Crippen LogP contribution in [0.3, 0.4) is 0 Å². The first-order valence-corrected chi connectivity index (χ1v) is 10.5. The predicted molar refractivity (Wildman–Crippen MR) is 111 cm³/mol. The Morgan fingerprint density at radius 2 is 1.97 bits per heavy atom. The van der Waals surface area contributed by atoms with E-state index in [9.17, 15) is 0 Å². The molecule has 0 radical (unpaired) electrons. The number of benzene rings is 1. The Balaban J connectivity index is 1.25. The zero-order chi connectivity index (χ0) is 20.3. The summed E-state index contributed by atoms with van der Waals surface area (Å²) >= 11 is 0. The Labute approximate surface area is 175 Å². The standard InChI is InChI=1S/C22H26N6O2/c1-29-19-5-3-2-4-17(19)18-6-9-23-22(24-18)16-7-10-27(11-8-16)14-20-25-26-21-15-30-13-12-28(20)21/h2-6,9,16H,7-8,10-15H2,1H3. The first kappa shape index (κ1) is 19.1. The van der Waals surface area contributed by atoms with Crippen molar-refractivity contribution < 1.29 is 9.47 Å². The summed E-state index contributed by atoms with van der Waals surface area (Å²) < 4.78 is 13.2. The Hall–Kier alpha value is -2.84. The molecule has 0 saturated carbocycles. The average Bonchev–Trinajstić information content (AvgIpc) is 3.22. The van der Waals surface area contributed by atoms with Crippen LogP contribution >= 0.6 is 0 Å². The van der Waals surface area contributed by atoms with Crippen molar-refractivity contribution in [2.24, 2.45) is 0 Å². The van der Waals surface area contributed by atoms with E-state index in [2.05, 4.69) is 24.6 Å². The Bertz CT molecular complexity index is 1010. The highest BCUT2D eigenvalue weighted by Crippen LogP contribution is 2.31. The smallest absolute Gasteiger partial charge is 0.159 e. The molecular weight excluding hydrogens is 380 g/mol. The van der Waals surface area contributed by atoms with Crippen LogP contribution in [-0.4, -0.2) is 56.4 Å². The maximum Gasteiger partial charge on any atom is 0.159 e. The number of methoxy groups -OCH3 is 1. The number of hydrogen-bond donors (Lipinski definition) is 0. The normalized spacial score (nSPS) is 17.6. The minimum atomic E-state index is 0.372. The molecule has 0 amide bonds. The van der Waals surface area contributed by atoms with Crippen molar-refractivity contribution in [1.29, 1.82) is 0 Å².